The lowest BCUT2D eigenvalue weighted by Gasteiger charge is -2.09. The van der Waals surface area contributed by atoms with Crippen LogP contribution in [0.4, 0.5) is 5.69 Å². The molecule has 0 amide bonds. The number of nitrogens with zero attached hydrogens (tertiary/aromatic N) is 1. The number of rotatable bonds is 7. The van der Waals surface area contributed by atoms with Crippen LogP contribution in [0.25, 0.3) is 0 Å². The van der Waals surface area contributed by atoms with Gasteiger partial charge in [-0.15, -0.1) is 0 Å². The lowest BCUT2D eigenvalue weighted by molar-refractivity contribution is 0.306. The van der Waals surface area contributed by atoms with Crippen molar-refractivity contribution in [2.75, 3.05) is 17.1 Å². The molecule has 8 heteroatoms. The summed E-state index contributed by atoms with van der Waals surface area (Å²) in [7, 11) is -3.33. The zero-order valence-corrected chi connectivity index (χ0v) is 11.4. The SMILES string of the molecule is CCCS(=O)(=O)Nc1cccc(OC/C(N)=N/O)c1. The van der Waals surface area contributed by atoms with Gasteiger partial charge in [0.05, 0.1) is 11.4 Å². The van der Waals surface area contributed by atoms with Crippen molar-refractivity contribution in [1.29, 1.82) is 0 Å². The number of amidine groups is 1. The standard InChI is InChI=1S/C11H17N3O4S/c1-2-6-19(16,17)14-9-4-3-5-10(7-9)18-8-11(12)13-15/h3-5,7,14-15H,2,6,8H2,1H3,(H2,12,13). The Hall–Kier alpha value is -1.96. The van der Waals surface area contributed by atoms with E-state index >= 15 is 0 Å². The molecule has 0 saturated heterocycles. The van der Waals surface area contributed by atoms with Crippen LogP contribution in [0, 0.1) is 0 Å². The van der Waals surface area contributed by atoms with Gasteiger partial charge in [-0.2, -0.15) is 0 Å². The summed E-state index contributed by atoms with van der Waals surface area (Å²) in [5.41, 5.74) is 5.67. The number of benzene rings is 1. The van der Waals surface area contributed by atoms with Crippen molar-refractivity contribution in [3.05, 3.63) is 24.3 Å². The summed E-state index contributed by atoms with van der Waals surface area (Å²) in [5, 5.41) is 11.1. The minimum Gasteiger partial charge on any atom is -0.485 e. The smallest absolute Gasteiger partial charge is 0.232 e. The second kappa shape index (κ2) is 6.83. The fourth-order valence-corrected chi connectivity index (χ4v) is 2.46. The maximum absolute atomic E-state index is 11.6. The van der Waals surface area contributed by atoms with E-state index in [2.05, 4.69) is 9.88 Å². The Morgan fingerprint density at radius 2 is 2.26 bits per heavy atom. The molecule has 0 atom stereocenters. The normalized spacial score (nSPS) is 12.2. The average Bonchev–Trinajstić information content (AvgIpc) is 2.35. The monoisotopic (exact) mass is 287 g/mol. The number of anilines is 1. The Morgan fingerprint density at radius 3 is 2.89 bits per heavy atom. The van der Waals surface area contributed by atoms with Crippen molar-refractivity contribution in [3.8, 4) is 5.75 Å². The van der Waals surface area contributed by atoms with Crippen molar-refractivity contribution in [3.63, 3.8) is 0 Å². The van der Waals surface area contributed by atoms with Crippen LogP contribution >= 0.6 is 0 Å². The summed E-state index contributed by atoms with van der Waals surface area (Å²) in [6, 6.07) is 6.43. The molecule has 0 radical (unpaired) electrons. The summed E-state index contributed by atoms with van der Waals surface area (Å²) in [6.07, 6.45) is 0.537. The van der Waals surface area contributed by atoms with Crippen LogP contribution in [-0.2, 0) is 10.0 Å². The maximum Gasteiger partial charge on any atom is 0.232 e. The average molecular weight is 287 g/mol. The first-order valence-electron chi connectivity index (χ1n) is 5.66. The van der Waals surface area contributed by atoms with Crippen LogP contribution < -0.4 is 15.2 Å². The Balaban J connectivity index is 2.72. The van der Waals surface area contributed by atoms with E-state index in [0.29, 0.717) is 17.9 Å². The third-order valence-corrected chi connectivity index (χ3v) is 3.59. The molecule has 1 rings (SSSR count). The molecular weight excluding hydrogens is 270 g/mol. The highest BCUT2D eigenvalue weighted by Gasteiger charge is 2.09. The Morgan fingerprint density at radius 1 is 1.53 bits per heavy atom. The number of nitrogens with one attached hydrogen (secondary N) is 1. The molecule has 0 unspecified atom stereocenters. The summed E-state index contributed by atoms with van der Waals surface area (Å²) in [6.45, 7) is 1.71. The zero-order valence-electron chi connectivity index (χ0n) is 10.5. The van der Waals surface area contributed by atoms with E-state index in [1.54, 1.807) is 25.1 Å². The van der Waals surface area contributed by atoms with Crippen molar-refractivity contribution in [1.82, 2.24) is 0 Å². The molecule has 0 aromatic heterocycles. The summed E-state index contributed by atoms with van der Waals surface area (Å²) >= 11 is 0. The van der Waals surface area contributed by atoms with Crippen molar-refractivity contribution < 1.29 is 18.4 Å². The van der Waals surface area contributed by atoms with Crippen molar-refractivity contribution in [2.45, 2.75) is 13.3 Å². The van der Waals surface area contributed by atoms with Crippen LogP contribution in [-0.4, -0.2) is 31.8 Å². The molecule has 0 heterocycles. The Bertz CT molecular complexity index is 543. The van der Waals surface area contributed by atoms with E-state index in [4.69, 9.17) is 15.7 Å². The van der Waals surface area contributed by atoms with Crippen molar-refractivity contribution >= 4 is 21.5 Å². The predicted molar refractivity (Wildman–Crippen MR) is 73.0 cm³/mol. The zero-order chi connectivity index (χ0) is 14.3. The second-order valence-corrected chi connectivity index (χ2v) is 5.67. The van der Waals surface area contributed by atoms with E-state index in [9.17, 15) is 8.42 Å². The van der Waals surface area contributed by atoms with Crippen LogP contribution in [0.1, 0.15) is 13.3 Å². The third kappa shape index (κ3) is 5.47. The third-order valence-electron chi connectivity index (χ3n) is 2.10. The molecule has 0 bridgehead atoms. The van der Waals surface area contributed by atoms with Crippen LogP contribution in [0.2, 0.25) is 0 Å². The molecular formula is C11H17N3O4S. The fourth-order valence-electron chi connectivity index (χ4n) is 1.33. The molecule has 0 aliphatic heterocycles. The summed E-state index contributed by atoms with van der Waals surface area (Å²) in [4.78, 5) is 0. The van der Waals surface area contributed by atoms with E-state index in [0.717, 1.165) is 0 Å². The molecule has 0 aliphatic rings. The molecule has 7 nitrogen and oxygen atoms in total. The van der Waals surface area contributed by atoms with Gasteiger partial charge in [0.2, 0.25) is 10.0 Å². The first-order chi connectivity index (χ1) is 8.96. The molecule has 0 fully saturated rings. The Kier molecular flexibility index (Phi) is 5.43. The van der Waals surface area contributed by atoms with Gasteiger partial charge >= 0.3 is 0 Å². The highest BCUT2D eigenvalue weighted by molar-refractivity contribution is 7.92. The van der Waals surface area contributed by atoms with E-state index < -0.39 is 10.0 Å². The lowest BCUT2D eigenvalue weighted by Crippen LogP contribution is -2.21. The number of hydrogen-bond donors (Lipinski definition) is 3. The van der Waals surface area contributed by atoms with E-state index in [-0.39, 0.29) is 18.2 Å². The quantitative estimate of drug-likeness (QED) is 0.299. The highest BCUT2D eigenvalue weighted by atomic mass is 32.2. The van der Waals surface area contributed by atoms with Gasteiger partial charge in [-0.05, 0) is 18.6 Å². The molecule has 1 aromatic carbocycles. The minimum atomic E-state index is -3.33. The van der Waals surface area contributed by atoms with Gasteiger partial charge < -0.3 is 15.7 Å². The van der Waals surface area contributed by atoms with Gasteiger partial charge in [0.1, 0.15) is 12.4 Å². The first-order valence-corrected chi connectivity index (χ1v) is 7.32. The van der Waals surface area contributed by atoms with E-state index in [1.807, 2.05) is 0 Å². The number of hydrogen-bond acceptors (Lipinski definition) is 5. The molecule has 19 heavy (non-hydrogen) atoms. The topological polar surface area (TPSA) is 114 Å². The maximum atomic E-state index is 11.6. The largest absolute Gasteiger partial charge is 0.485 e. The predicted octanol–water partition coefficient (Wildman–Crippen LogP) is 0.964. The van der Waals surface area contributed by atoms with E-state index in [1.165, 1.54) is 6.07 Å². The summed E-state index contributed by atoms with van der Waals surface area (Å²) in [5.74, 6) is 0.405. The van der Waals surface area contributed by atoms with Crippen molar-refractivity contribution in [2.24, 2.45) is 10.9 Å². The molecule has 0 spiro atoms. The summed E-state index contributed by atoms with van der Waals surface area (Å²) < 4.78 is 30.9. The number of ether oxygens (including phenoxy) is 1. The molecule has 106 valence electrons. The highest BCUT2D eigenvalue weighted by Crippen LogP contribution is 2.18. The number of oxime groups is 1. The van der Waals surface area contributed by atoms with Crippen LogP contribution in [0.15, 0.2) is 29.4 Å². The second-order valence-electron chi connectivity index (χ2n) is 3.83. The number of sulfonamides is 1. The van der Waals surface area contributed by atoms with Gasteiger partial charge in [0.15, 0.2) is 5.84 Å². The molecule has 0 aliphatic carbocycles. The van der Waals surface area contributed by atoms with Gasteiger partial charge in [-0.25, -0.2) is 8.42 Å². The first kappa shape index (κ1) is 15.1. The molecule has 0 saturated carbocycles. The Labute approximate surface area is 112 Å². The van der Waals surface area contributed by atoms with Gasteiger partial charge in [0.25, 0.3) is 0 Å². The minimum absolute atomic E-state index is 0.0577. The number of nitrogens with two attached hydrogens (primary N) is 1. The fraction of sp³-hybridized carbons (Fsp3) is 0.364. The van der Waals surface area contributed by atoms with Gasteiger partial charge in [-0.3, -0.25) is 4.72 Å². The van der Waals surface area contributed by atoms with Crippen LogP contribution in [0.3, 0.4) is 0 Å². The van der Waals surface area contributed by atoms with Crippen LogP contribution in [0.5, 0.6) is 5.75 Å². The molecule has 1 aromatic rings. The molecule has 4 N–H and O–H groups in total. The van der Waals surface area contributed by atoms with Gasteiger partial charge in [-0.1, -0.05) is 18.1 Å². The van der Waals surface area contributed by atoms with Gasteiger partial charge in [0, 0.05) is 6.07 Å². The lowest BCUT2D eigenvalue weighted by atomic mass is 10.3.